The number of hydrogen-bond donors (Lipinski definition) is 1. The lowest BCUT2D eigenvalue weighted by Gasteiger charge is -2.09. The van der Waals surface area contributed by atoms with Crippen LogP contribution in [-0.4, -0.2) is 18.3 Å². The van der Waals surface area contributed by atoms with Crippen molar-refractivity contribution in [1.82, 2.24) is 4.98 Å². The Labute approximate surface area is 123 Å². The van der Waals surface area contributed by atoms with Gasteiger partial charge in [0, 0.05) is 12.3 Å². The summed E-state index contributed by atoms with van der Waals surface area (Å²) in [5.41, 5.74) is -0.286. The molecule has 0 aliphatic carbocycles. The number of sulfonamides is 1. The molecule has 0 bridgehead atoms. The van der Waals surface area contributed by atoms with Crippen LogP contribution in [0, 0.1) is 10.1 Å². The zero-order valence-electron chi connectivity index (χ0n) is 9.86. The smallest absolute Gasteiger partial charge is 0.277 e. The van der Waals surface area contributed by atoms with Crippen molar-refractivity contribution in [3.05, 3.63) is 57.3 Å². The summed E-state index contributed by atoms with van der Waals surface area (Å²) in [6, 6.07) is 8.15. The summed E-state index contributed by atoms with van der Waals surface area (Å²) in [4.78, 5) is 13.6. The van der Waals surface area contributed by atoms with Crippen LogP contribution in [0.4, 0.5) is 11.4 Å². The third-order valence-corrected chi connectivity index (χ3v) is 4.40. The van der Waals surface area contributed by atoms with Gasteiger partial charge in [-0.25, -0.2) is 13.4 Å². The molecule has 0 saturated heterocycles. The lowest BCUT2D eigenvalue weighted by molar-refractivity contribution is -0.387. The van der Waals surface area contributed by atoms with Gasteiger partial charge < -0.3 is 0 Å². The van der Waals surface area contributed by atoms with E-state index in [1.165, 1.54) is 30.5 Å². The van der Waals surface area contributed by atoms with Crippen molar-refractivity contribution in [2.24, 2.45) is 0 Å². The van der Waals surface area contributed by atoms with Crippen LogP contribution in [0.2, 0.25) is 0 Å². The third-order valence-electron chi connectivity index (χ3n) is 2.35. The fourth-order valence-corrected chi connectivity index (χ4v) is 3.22. The molecule has 1 N–H and O–H groups in total. The van der Waals surface area contributed by atoms with Gasteiger partial charge in [-0.1, -0.05) is 12.1 Å². The fourth-order valence-electron chi connectivity index (χ4n) is 1.50. The molecule has 1 aromatic carbocycles. The normalized spacial score (nSPS) is 11.1. The molecule has 0 fully saturated rings. The van der Waals surface area contributed by atoms with Gasteiger partial charge in [-0.3, -0.25) is 14.8 Å². The number of anilines is 1. The molecule has 0 saturated carbocycles. The Morgan fingerprint density at radius 3 is 2.55 bits per heavy atom. The van der Waals surface area contributed by atoms with Crippen LogP contribution in [0.15, 0.2) is 52.1 Å². The van der Waals surface area contributed by atoms with E-state index in [1.54, 1.807) is 6.07 Å². The summed E-state index contributed by atoms with van der Waals surface area (Å²) in [7, 11) is -4.07. The molecule has 2 rings (SSSR count). The van der Waals surface area contributed by atoms with E-state index in [0.717, 1.165) is 6.07 Å². The van der Waals surface area contributed by atoms with Gasteiger partial charge in [0.1, 0.15) is 4.60 Å². The second kappa shape index (κ2) is 5.55. The first kappa shape index (κ1) is 14.4. The lowest BCUT2D eigenvalue weighted by atomic mass is 10.3. The number of nitrogens with one attached hydrogen (secondary N) is 1. The second-order valence-electron chi connectivity index (χ2n) is 3.67. The van der Waals surface area contributed by atoms with E-state index in [1.807, 2.05) is 0 Å². The van der Waals surface area contributed by atoms with Crippen LogP contribution in [-0.2, 0) is 10.0 Å². The van der Waals surface area contributed by atoms with Crippen molar-refractivity contribution in [2.45, 2.75) is 4.90 Å². The molecule has 7 nitrogen and oxygen atoms in total. The van der Waals surface area contributed by atoms with Gasteiger partial charge in [0.15, 0.2) is 4.90 Å². The van der Waals surface area contributed by atoms with Crippen molar-refractivity contribution < 1.29 is 13.3 Å². The minimum atomic E-state index is -4.07. The molecule has 0 aliphatic rings. The molecule has 1 heterocycles. The highest BCUT2D eigenvalue weighted by Gasteiger charge is 2.25. The number of nitrogens with zero attached hydrogens (tertiary/aromatic N) is 2. The zero-order valence-corrected chi connectivity index (χ0v) is 12.3. The summed E-state index contributed by atoms with van der Waals surface area (Å²) < 4.78 is 27.0. The Balaban J connectivity index is 2.47. The van der Waals surface area contributed by atoms with E-state index in [4.69, 9.17) is 0 Å². The van der Waals surface area contributed by atoms with E-state index >= 15 is 0 Å². The first-order valence-electron chi connectivity index (χ1n) is 5.28. The Bertz CT molecular complexity index is 764. The monoisotopic (exact) mass is 357 g/mol. The standard InChI is InChI=1S/C11H8BrN3O4S/c12-11-8(4-3-7-13-11)14-20(18,19)10-6-2-1-5-9(10)15(16)17/h1-7,14H. The Hall–Kier alpha value is -2.00. The molecule has 0 unspecified atom stereocenters. The minimum Gasteiger partial charge on any atom is -0.277 e. The maximum absolute atomic E-state index is 12.2. The predicted molar refractivity (Wildman–Crippen MR) is 75.8 cm³/mol. The summed E-state index contributed by atoms with van der Waals surface area (Å²) in [5.74, 6) is 0. The van der Waals surface area contributed by atoms with Gasteiger partial charge in [-0.05, 0) is 34.1 Å². The molecule has 104 valence electrons. The Morgan fingerprint density at radius 2 is 1.90 bits per heavy atom. The number of rotatable bonds is 4. The molecule has 0 spiro atoms. The van der Waals surface area contributed by atoms with Crippen LogP contribution < -0.4 is 4.72 Å². The number of halogens is 1. The molecule has 1 aromatic heterocycles. The molecule has 0 atom stereocenters. The fraction of sp³-hybridized carbons (Fsp3) is 0. The van der Waals surface area contributed by atoms with Crippen LogP contribution in [0.25, 0.3) is 0 Å². The van der Waals surface area contributed by atoms with E-state index in [2.05, 4.69) is 25.6 Å². The number of hydrogen-bond acceptors (Lipinski definition) is 5. The number of benzene rings is 1. The Kier molecular flexibility index (Phi) is 4.00. The van der Waals surface area contributed by atoms with E-state index in [9.17, 15) is 18.5 Å². The van der Waals surface area contributed by atoms with Crippen molar-refractivity contribution in [3.8, 4) is 0 Å². The van der Waals surface area contributed by atoms with E-state index < -0.39 is 25.5 Å². The van der Waals surface area contributed by atoms with Crippen LogP contribution in [0.1, 0.15) is 0 Å². The van der Waals surface area contributed by atoms with Crippen molar-refractivity contribution in [2.75, 3.05) is 4.72 Å². The molecule has 0 amide bonds. The quantitative estimate of drug-likeness (QED) is 0.514. The average molecular weight is 358 g/mol. The Morgan fingerprint density at radius 1 is 1.20 bits per heavy atom. The maximum atomic E-state index is 12.2. The van der Waals surface area contributed by atoms with Crippen molar-refractivity contribution in [1.29, 1.82) is 0 Å². The topological polar surface area (TPSA) is 102 Å². The lowest BCUT2D eigenvalue weighted by Crippen LogP contribution is -2.15. The number of nitro groups is 1. The molecule has 20 heavy (non-hydrogen) atoms. The zero-order chi connectivity index (χ0) is 14.8. The highest BCUT2D eigenvalue weighted by Crippen LogP contribution is 2.27. The summed E-state index contributed by atoms with van der Waals surface area (Å²) in [6.07, 6.45) is 1.48. The predicted octanol–water partition coefficient (Wildman–Crippen LogP) is 2.55. The molecule has 9 heteroatoms. The SMILES string of the molecule is O=[N+]([O-])c1ccccc1S(=O)(=O)Nc1cccnc1Br. The number of para-hydroxylation sites is 1. The minimum absolute atomic E-state index is 0.200. The number of aromatic nitrogens is 1. The first-order valence-corrected chi connectivity index (χ1v) is 7.56. The number of nitro benzene ring substituents is 1. The molecule has 2 aromatic rings. The molecule has 0 aliphatic heterocycles. The van der Waals surface area contributed by atoms with Gasteiger partial charge in [-0.2, -0.15) is 0 Å². The van der Waals surface area contributed by atoms with Crippen molar-refractivity contribution >= 4 is 37.3 Å². The molecule has 0 radical (unpaired) electrons. The molecular formula is C11H8BrN3O4S. The van der Waals surface area contributed by atoms with Crippen LogP contribution in [0.3, 0.4) is 0 Å². The number of pyridine rings is 1. The van der Waals surface area contributed by atoms with Crippen molar-refractivity contribution in [3.63, 3.8) is 0 Å². The van der Waals surface area contributed by atoms with Crippen LogP contribution in [0.5, 0.6) is 0 Å². The maximum Gasteiger partial charge on any atom is 0.289 e. The summed E-state index contributed by atoms with van der Waals surface area (Å²) in [6.45, 7) is 0. The summed E-state index contributed by atoms with van der Waals surface area (Å²) in [5, 5.41) is 10.9. The van der Waals surface area contributed by atoms with Gasteiger partial charge >= 0.3 is 0 Å². The van der Waals surface area contributed by atoms with Gasteiger partial charge in [-0.15, -0.1) is 0 Å². The highest BCUT2D eigenvalue weighted by molar-refractivity contribution is 9.10. The van der Waals surface area contributed by atoms with Gasteiger partial charge in [0.25, 0.3) is 15.7 Å². The second-order valence-corrected chi connectivity index (χ2v) is 6.07. The van der Waals surface area contributed by atoms with E-state index in [-0.39, 0.29) is 5.69 Å². The van der Waals surface area contributed by atoms with E-state index in [0.29, 0.717) is 4.60 Å². The van der Waals surface area contributed by atoms with Gasteiger partial charge in [0.2, 0.25) is 0 Å². The highest BCUT2D eigenvalue weighted by atomic mass is 79.9. The van der Waals surface area contributed by atoms with Gasteiger partial charge in [0.05, 0.1) is 10.6 Å². The summed E-state index contributed by atoms with van der Waals surface area (Å²) >= 11 is 3.10. The largest absolute Gasteiger partial charge is 0.289 e. The third kappa shape index (κ3) is 2.94. The van der Waals surface area contributed by atoms with Crippen LogP contribution >= 0.6 is 15.9 Å². The molecular weight excluding hydrogens is 350 g/mol. The first-order chi connectivity index (χ1) is 9.42. The average Bonchev–Trinajstić information content (AvgIpc) is 2.41.